The molecular weight excluding hydrogens is 321 g/mol. The van der Waals surface area contributed by atoms with E-state index in [9.17, 15) is 4.79 Å². The Morgan fingerprint density at radius 1 is 1.56 bits per heavy atom. The third-order valence-corrected chi connectivity index (χ3v) is 3.07. The predicted octanol–water partition coefficient (Wildman–Crippen LogP) is 2.72. The van der Waals surface area contributed by atoms with Crippen LogP contribution < -0.4 is 5.32 Å². The molecule has 0 bridgehead atoms. The van der Waals surface area contributed by atoms with Gasteiger partial charge in [0, 0.05) is 9.50 Å². The van der Waals surface area contributed by atoms with E-state index in [1.54, 1.807) is 25.1 Å². The number of amides is 1. The van der Waals surface area contributed by atoms with E-state index in [-0.39, 0.29) is 12.5 Å². The Morgan fingerprint density at radius 2 is 2.33 bits per heavy atom. The summed E-state index contributed by atoms with van der Waals surface area (Å²) in [5, 5.41) is 6.80. The first-order valence-electron chi connectivity index (χ1n) is 5.08. The van der Waals surface area contributed by atoms with Crippen LogP contribution >= 0.6 is 27.5 Å². The number of benzene rings is 1. The fourth-order valence-electron chi connectivity index (χ4n) is 1.33. The molecule has 0 aliphatic carbocycles. The van der Waals surface area contributed by atoms with Crippen LogP contribution in [0.25, 0.3) is 0 Å². The Hall–Kier alpha value is -1.40. The number of hydrogen-bond donors (Lipinski definition) is 1. The van der Waals surface area contributed by atoms with Crippen molar-refractivity contribution in [3.05, 3.63) is 45.0 Å². The molecule has 0 aliphatic heterocycles. The molecule has 0 saturated carbocycles. The first kappa shape index (κ1) is 13.0. The summed E-state index contributed by atoms with van der Waals surface area (Å²) in [5.41, 5.74) is 0.457. The Bertz CT molecular complexity index is 585. The molecule has 94 valence electrons. The highest BCUT2D eigenvalue weighted by Gasteiger charge is 2.12. The summed E-state index contributed by atoms with van der Waals surface area (Å²) in [6, 6.07) is 5.00. The maximum atomic E-state index is 11.9. The van der Waals surface area contributed by atoms with Gasteiger partial charge in [-0.25, -0.2) is 0 Å². The summed E-state index contributed by atoms with van der Waals surface area (Å²) in [7, 11) is 0. The van der Waals surface area contributed by atoms with Gasteiger partial charge in [0.2, 0.25) is 5.89 Å². The van der Waals surface area contributed by atoms with Crippen LogP contribution in [0.1, 0.15) is 22.1 Å². The van der Waals surface area contributed by atoms with Crippen molar-refractivity contribution in [1.29, 1.82) is 0 Å². The summed E-state index contributed by atoms with van der Waals surface area (Å²) in [4.78, 5) is 15.9. The maximum absolute atomic E-state index is 11.9. The molecule has 0 atom stereocenters. The minimum Gasteiger partial charge on any atom is -0.343 e. The summed E-state index contributed by atoms with van der Waals surface area (Å²) >= 11 is 9.13. The first-order valence-corrected chi connectivity index (χ1v) is 6.26. The second-order valence-electron chi connectivity index (χ2n) is 3.54. The van der Waals surface area contributed by atoms with Crippen LogP contribution in [0, 0.1) is 6.92 Å². The zero-order valence-corrected chi connectivity index (χ0v) is 11.7. The van der Waals surface area contributed by atoms with Gasteiger partial charge >= 0.3 is 0 Å². The third-order valence-electron chi connectivity index (χ3n) is 2.14. The van der Waals surface area contributed by atoms with Crippen molar-refractivity contribution in [3.63, 3.8) is 0 Å². The smallest absolute Gasteiger partial charge is 0.252 e. The number of aryl methyl sites for hydroxylation is 1. The highest BCUT2D eigenvalue weighted by molar-refractivity contribution is 9.10. The molecule has 2 aromatic rings. The molecule has 1 N–H and O–H groups in total. The lowest BCUT2D eigenvalue weighted by atomic mass is 10.2. The van der Waals surface area contributed by atoms with Gasteiger partial charge in [-0.15, -0.1) is 0 Å². The molecule has 0 unspecified atom stereocenters. The van der Waals surface area contributed by atoms with Gasteiger partial charge in [-0.3, -0.25) is 4.79 Å². The molecule has 0 radical (unpaired) electrons. The number of rotatable bonds is 3. The Morgan fingerprint density at radius 3 is 3.00 bits per heavy atom. The van der Waals surface area contributed by atoms with E-state index in [1.807, 2.05) is 0 Å². The molecule has 7 heteroatoms. The number of halogens is 2. The average molecular weight is 331 g/mol. The van der Waals surface area contributed by atoms with Crippen LogP contribution in [0.3, 0.4) is 0 Å². The first-order chi connectivity index (χ1) is 8.56. The second kappa shape index (κ2) is 5.49. The highest BCUT2D eigenvalue weighted by atomic mass is 79.9. The molecule has 0 aliphatic rings. The summed E-state index contributed by atoms with van der Waals surface area (Å²) in [6.45, 7) is 1.89. The molecule has 1 amide bonds. The molecule has 1 aromatic heterocycles. The molecule has 1 aromatic carbocycles. The topological polar surface area (TPSA) is 68.0 Å². The molecule has 0 spiro atoms. The molecular formula is C11H9BrClN3O2. The van der Waals surface area contributed by atoms with Crippen molar-refractivity contribution in [3.8, 4) is 0 Å². The number of nitrogens with one attached hydrogen (secondary N) is 1. The molecule has 18 heavy (non-hydrogen) atoms. The quantitative estimate of drug-likeness (QED) is 0.939. The number of aromatic nitrogens is 2. The van der Waals surface area contributed by atoms with Crippen molar-refractivity contribution in [1.82, 2.24) is 15.5 Å². The van der Waals surface area contributed by atoms with Crippen LogP contribution in [0.15, 0.2) is 27.2 Å². The van der Waals surface area contributed by atoms with E-state index in [1.165, 1.54) is 0 Å². The Balaban J connectivity index is 2.05. The summed E-state index contributed by atoms with van der Waals surface area (Å²) < 4.78 is 5.56. The zero-order chi connectivity index (χ0) is 13.1. The largest absolute Gasteiger partial charge is 0.343 e. The average Bonchev–Trinajstić information content (AvgIpc) is 2.75. The van der Waals surface area contributed by atoms with Gasteiger partial charge in [-0.1, -0.05) is 16.8 Å². The van der Waals surface area contributed by atoms with E-state index in [4.69, 9.17) is 16.1 Å². The maximum Gasteiger partial charge on any atom is 0.252 e. The summed E-state index contributed by atoms with van der Waals surface area (Å²) in [5.74, 6) is 0.627. The van der Waals surface area contributed by atoms with Gasteiger partial charge in [0.25, 0.3) is 5.91 Å². The molecule has 2 rings (SSSR count). The Labute approximate surface area is 117 Å². The number of nitrogens with zero attached hydrogens (tertiary/aromatic N) is 2. The van der Waals surface area contributed by atoms with E-state index >= 15 is 0 Å². The molecule has 5 nitrogen and oxygen atoms in total. The van der Waals surface area contributed by atoms with Crippen LogP contribution in [-0.2, 0) is 6.54 Å². The van der Waals surface area contributed by atoms with Crippen molar-refractivity contribution in [2.45, 2.75) is 13.5 Å². The van der Waals surface area contributed by atoms with Gasteiger partial charge in [0.15, 0.2) is 5.82 Å². The van der Waals surface area contributed by atoms with Gasteiger partial charge in [-0.2, -0.15) is 4.98 Å². The fraction of sp³-hybridized carbons (Fsp3) is 0.182. The monoisotopic (exact) mass is 329 g/mol. The van der Waals surface area contributed by atoms with E-state index < -0.39 is 0 Å². The minimum atomic E-state index is -0.264. The highest BCUT2D eigenvalue weighted by Crippen LogP contribution is 2.21. The zero-order valence-electron chi connectivity index (χ0n) is 9.41. The van der Waals surface area contributed by atoms with Crippen molar-refractivity contribution in [2.24, 2.45) is 0 Å². The van der Waals surface area contributed by atoms with Crippen molar-refractivity contribution >= 4 is 33.4 Å². The van der Waals surface area contributed by atoms with E-state index in [2.05, 4.69) is 31.4 Å². The van der Waals surface area contributed by atoms with E-state index in [0.717, 1.165) is 0 Å². The molecule has 1 heterocycles. The van der Waals surface area contributed by atoms with Crippen LogP contribution in [0.2, 0.25) is 5.02 Å². The van der Waals surface area contributed by atoms with Crippen LogP contribution in [0.4, 0.5) is 0 Å². The fourth-order valence-corrected chi connectivity index (χ4v) is 1.93. The number of carbonyl (C=O) groups excluding carboxylic acids is 1. The van der Waals surface area contributed by atoms with Crippen LogP contribution in [-0.4, -0.2) is 16.0 Å². The predicted molar refractivity (Wildman–Crippen MR) is 69.4 cm³/mol. The molecule has 0 fully saturated rings. The SMILES string of the molecule is Cc1noc(CNC(=O)c2cc(Cl)ccc2Br)n1. The standard InChI is InChI=1S/C11H9BrClN3O2/c1-6-15-10(18-16-6)5-14-11(17)8-4-7(13)2-3-9(8)12/h2-4H,5H2,1H3,(H,14,17). The van der Waals surface area contributed by atoms with Gasteiger partial charge in [0.05, 0.1) is 12.1 Å². The second-order valence-corrected chi connectivity index (χ2v) is 4.83. The van der Waals surface area contributed by atoms with Gasteiger partial charge < -0.3 is 9.84 Å². The number of hydrogen-bond acceptors (Lipinski definition) is 4. The lowest BCUT2D eigenvalue weighted by Gasteiger charge is -2.05. The normalized spacial score (nSPS) is 10.4. The van der Waals surface area contributed by atoms with Gasteiger partial charge in [0.1, 0.15) is 0 Å². The van der Waals surface area contributed by atoms with Crippen LogP contribution in [0.5, 0.6) is 0 Å². The third kappa shape index (κ3) is 3.08. The lowest BCUT2D eigenvalue weighted by molar-refractivity contribution is 0.0945. The molecule has 0 saturated heterocycles. The van der Waals surface area contributed by atoms with E-state index in [0.29, 0.717) is 26.8 Å². The summed E-state index contributed by atoms with van der Waals surface area (Å²) in [6.07, 6.45) is 0. The van der Waals surface area contributed by atoms with Gasteiger partial charge in [-0.05, 0) is 41.1 Å². The van der Waals surface area contributed by atoms with Crippen molar-refractivity contribution in [2.75, 3.05) is 0 Å². The number of carbonyl (C=O) groups is 1. The van der Waals surface area contributed by atoms with Crippen molar-refractivity contribution < 1.29 is 9.32 Å². The lowest BCUT2D eigenvalue weighted by Crippen LogP contribution is -2.23. The minimum absolute atomic E-state index is 0.179. The Kier molecular flexibility index (Phi) is 3.98.